The normalized spacial score (nSPS) is 16.9. The van der Waals surface area contributed by atoms with Crippen LogP contribution in [0.2, 0.25) is 0 Å². The summed E-state index contributed by atoms with van der Waals surface area (Å²) < 4.78 is 0. The Kier molecular flexibility index (Phi) is 4.67. The molecule has 0 bridgehead atoms. The van der Waals surface area contributed by atoms with Crippen molar-refractivity contribution < 1.29 is 10.0 Å². The number of piperidine rings is 1. The minimum atomic E-state index is -0.0957. The number of hydrogen-bond donors (Lipinski definition) is 3. The van der Waals surface area contributed by atoms with Crippen LogP contribution in [0.1, 0.15) is 30.9 Å². The highest BCUT2D eigenvalue weighted by Crippen LogP contribution is 2.20. The maximum Gasteiger partial charge on any atom is 0.321 e. The number of urea groups is 1. The lowest BCUT2D eigenvalue weighted by Crippen LogP contribution is -2.40. The molecule has 21 heavy (non-hydrogen) atoms. The van der Waals surface area contributed by atoms with Gasteiger partial charge < -0.3 is 21.2 Å². The Labute approximate surface area is 124 Å². The Hall–Kier alpha value is -2.24. The van der Waals surface area contributed by atoms with Crippen molar-refractivity contribution in [2.45, 2.75) is 26.7 Å². The first-order valence-corrected chi connectivity index (χ1v) is 7.15. The van der Waals surface area contributed by atoms with Gasteiger partial charge in [0.05, 0.1) is 0 Å². The van der Waals surface area contributed by atoms with Gasteiger partial charge in [0.25, 0.3) is 0 Å². The van der Waals surface area contributed by atoms with Crippen LogP contribution in [0, 0.1) is 12.8 Å². The molecule has 1 fully saturated rings. The van der Waals surface area contributed by atoms with Gasteiger partial charge in [-0.15, -0.1) is 0 Å². The highest BCUT2D eigenvalue weighted by Gasteiger charge is 2.20. The molecule has 114 valence electrons. The molecule has 4 N–H and O–H groups in total. The molecular formula is C15H22N4O2. The van der Waals surface area contributed by atoms with Gasteiger partial charge >= 0.3 is 6.03 Å². The summed E-state index contributed by atoms with van der Waals surface area (Å²) in [5.41, 5.74) is 7.77. The first-order valence-electron chi connectivity index (χ1n) is 7.15. The average Bonchev–Trinajstić information content (AvgIpc) is 2.49. The molecule has 6 heteroatoms. The van der Waals surface area contributed by atoms with Crippen LogP contribution in [0.5, 0.6) is 0 Å². The lowest BCUT2D eigenvalue weighted by molar-refractivity contribution is 0.186. The Balaban J connectivity index is 2.10. The van der Waals surface area contributed by atoms with Crippen LogP contribution in [0.25, 0.3) is 0 Å². The van der Waals surface area contributed by atoms with E-state index in [9.17, 15) is 4.79 Å². The average molecular weight is 290 g/mol. The monoisotopic (exact) mass is 290 g/mol. The molecule has 6 nitrogen and oxygen atoms in total. The Morgan fingerprint density at radius 3 is 2.71 bits per heavy atom. The van der Waals surface area contributed by atoms with Crippen molar-refractivity contribution in [2.75, 3.05) is 18.4 Å². The van der Waals surface area contributed by atoms with Crippen molar-refractivity contribution in [1.29, 1.82) is 0 Å². The fraction of sp³-hybridized carbons (Fsp3) is 0.467. The number of rotatable bonds is 2. The smallest absolute Gasteiger partial charge is 0.321 e. The van der Waals surface area contributed by atoms with Gasteiger partial charge in [0.1, 0.15) is 0 Å². The molecule has 0 unspecified atom stereocenters. The van der Waals surface area contributed by atoms with Gasteiger partial charge in [0.2, 0.25) is 0 Å². The minimum Gasteiger partial charge on any atom is -0.409 e. The Morgan fingerprint density at radius 2 is 2.10 bits per heavy atom. The first-order chi connectivity index (χ1) is 10.0. The van der Waals surface area contributed by atoms with Gasteiger partial charge in [-0.2, -0.15) is 0 Å². The van der Waals surface area contributed by atoms with E-state index in [-0.39, 0.29) is 11.9 Å². The Morgan fingerprint density at radius 1 is 1.43 bits per heavy atom. The van der Waals surface area contributed by atoms with Crippen molar-refractivity contribution >= 4 is 17.6 Å². The van der Waals surface area contributed by atoms with Crippen LogP contribution < -0.4 is 11.1 Å². The maximum atomic E-state index is 12.3. The third-order valence-corrected chi connectivity index (χ3v) is 3.95. The summed E-state index contributed by atoms with van der Waals surface area (Å²) in [7, 11) is 0. The van der Waals surface area contributed by atoms with Crippen molar-refractivity contribution in [3.05, 3.63) is 29.3 Å². The minimum absolute atomic E-state index is 0.0253. The maximum absolute atomic E-state index is 12.3. The Bertz CT molecular complexity index is 549. The largest absolute Gasteiger partial charge is 0.409 e. The van der Waals surface area contributed by atoms with Gasteiger partial charge in [-0.1, -0.05) is 24.2 Å². The number of benzene rings is 1. The number of nitrogens with two attached hydrogens (primary N) is 1. The molecule has 0 saturated carbocycles. The van der Waals surface area contributed by atoms with Crippen LogP contribution in [0.3, 0.4) is 0 Å². The third kappa shape index (κ3) is 3.65. The molecule has 2 amide bonds. The summed E-state index contributed by atoms with van der Waals surface area (Å²) in [6, 6.07) is 5.21. The van der Waals surface area contributed by atoms with E-state index in [0.717, 1.165) is 31.5 Å². The van der Waals surface area contributed by atoms with Gasteiger partial charge in [0, 0.05) is 24.3 Å². The van der Waals surface area contributed by atoms with Crippen molar-refractivity contribution in [3.63, 3.8) is 0 Å². The SMILES string of the molecule is Cc1ccc(C(N)=NO)cc1NC(=O)N1CCC(C)CC1. The molecule has 0 spiro atoms. The van der Waals surface area contributed by atoms with Crippen molar-refractivity contribution in [1.82, 2.24) is 4.90 Å². The second kappa shape index (κ2) is 6.47. The number of hydrogen-bond acceptors (Lipinski definition) is 3. The zero-order valence-corrected chi connectivity index (χ0v) is 12.5. The fourth-order valence-corrected chi connectivity index (χ4v) is 2.38. The fourth-order valence-electron chi connectivity index (χ4n) is 2.38. The third-order valence-electron chi connectivity index (χ3n) is 3.95. The standard InChI is InChI=1S/C15H22N4O2/c1-10-5-7-19(8-6-10)15(20)17-13-9-12(14(16)18-21)4-3-11(13)2/h3-4,9-10,21H,5-8H2,1-2H3,(H2,16,18)(H,17,20). The van der Waals surface area contributed by atoms with E-state index in [1.165, 1.54) is 0 Å². The molecule has 1 aliphatic rings. The number of oxime groups is 1. The molecule has 1 heterocycles. The molecule has 0 atom stereocenters. The first kappa shape index (κ1) is 15.2. The zero-order valence-electron chi connectivity index (χ0n) is 12.5. The van der Waals surface area contributed by atoms with Crippen LogP contribution in [-0.4, -0.2) is 35.1 Å². The summed E-state index contributed by atoms with van der Waals surface area (Å²) in [6.07, 6.45) is 2.08. The van der Waals surface area contributed by atoms with Gasteiger partial charge in [0.15, 0.2) is 5.84 Å². The predicted octanol–water partition coefficient (Wildman–Crippen LogP) is 2.35. The van der Waals surface area contributed by atoms with Crippen molar-refractivity contribution in [3.8, 4) is 0 Å². The number of carbonyl (C=O) groups excluding carboxylic acids is 1. The zero-order chi connectivity index (χ0) is 15.4. The lowest BCUT2D eigenvalue weighted by atomic mass is 10.00. The van der Waals surface area contributed by atoms with E-state index in [0.29, 0.717) is 17.2 Å². The van der Waals surface area contributed by atoms with Gasteiger partial charge in [-0.05, 0) is 37.3 Å². The summed E-state index contributed by atoms with van der Waals surface area (Å²) in [5.74, 6) is 0.706. The van der Waals surface area contributed by atoms with Crippen LogP contribution >= 0.6 is 0 Å². The molecular weight excluding hydrogens is 268 g/mol. The van der Waals surface area contributed by atoms with E-state index in [2.05, 4.69) is 17.4 Å². The highest BCUT2D eigenvalue weighted by atomic mass is 16.4. The molecule has 2 rings (SSSR count). The molecule has 0 aromatic heterocycles. The molecule has 1 aromatic carbocycles. The summed E-state index contributed by atoms with van der Waals surface area (Å²) >= 11 is 0. The summed E-state index contributed by atoms with van der Waals surface area (Å²) in [5, 5.41) is 14.6. The quantitative estimate of drug-likeness (QED) is 0.338. The number of likely N-dealkylation sites (tertiary alicyclic amines) is 1. The van der Waals surface area contributed by atoms with E-state index in [1.807, 2.05) is 17.9 Å². The number of anilines is 1. The second-order valence-electron chi connectivity index (χ2n) is 5.61. The number of aryl methyl sites for hydroxylation is 1. The molecule has 0 radical (unpaired) electrons. The van der Waals surface area contributed by atoms with Crippen LogP contribution in [-0.2, 0) is 0 Å². The lowest BCUT2D eigenvalue weighted by Gasteiger charge is -2.30. The summed E-state index contributed by atoms with van der Waals surface area (Å²) in [6.45, 7) is 5.68. The topological polar surface area (TPSA) is 91.0 Å². The van der Waals surface area contributed by atoms with Crippen LogP contribution in [0.4, 0.5) is 10.5 Å². The van der Waals surface area contributed by atoms with Crippen LogP contribution in [0.15, 0.2) is 23.4 Å². The second-order valence-corrected chi connectivity index (χ2v) is 5.61. The molecule has 0 aliphatic carbocycles. The molecule has 1 aliphatic heterocycles. The number of amidine groups is 1. The number of carbonyl (C=O) groups is 1. The van der Waals surface area contributed by atoms with Crippen molar-refractivity contribution in [2.24, 2.45) is 16.8 Å². The number of nitrogens with zero attached hydrogens (tertiary/aromatic N) is 2. The van der Waals surface area contributed by atoms with E-state index in [1.54, 1.807) is 12.1 Å². The predicted molar refractivity (Wildman–Crippen MR) is 82.7 cm³/mol. The highest BCUT2D eigenvalue weighted by molar-refractivity contribution is 5.99. The van der Waals surface area contributed by atoms with Gasteiger partial charge in [-0.25, -0.2) is 4.79 Å². The molecule has 1 aromatic rings. The number of nitrogens with one attached hydrogen (secondary N) is 1. The van der Waals surface area contributed by atoms with E-state index < -0.39 is 0 Å². The summed E-state index contributed by atoms with van der Waals surface area (Å²) in [4.78, 5) is 14.1. The van der Waals surface area contributed by atoms with E-state index >= 15 is 0 Å². The number of amides is 2. The molecule has 1 saturated heterocycles. The van der Waals surface area contributed by atoms with Gasteiger partial charge in [-0.3, -0.25) is 0 Å². The van der Waals surface area contributed by atoms with E-state index in [4.69, 9.17) is 10.9 Å².